The Morgan fingerprint density at radius 1 is 1.03 bits per heavy atom. The Kier molecular flexibility index (Phi) is 5.70. The molecule has 0 fully saturated rings. The maximum absolute atomic E-state index is 12.2. The zero-order valence-electron chi connectivity index (χ0n) is 16.4. The van der Waals surface area contributed by atoms with E-state index in [-0.39, 0.29) is 24.6 Å². The largest absolute Gasteiger partial charge is 0.449 e. The van der Waals surface area contributed by atoms with Gasteiger partial charge in [-0.15, -0.1) is 0 Å². The average molecular weight is 423 g/mol. The van der Waals surface area contributed by atoms with Crippen molar-refractivity contribution in [2.24, 2.45) is 0 Å². The number of hydrogen-bond acceptors (Lipinski definition) is 6. The fraction of sp³-hybridized carbons (Fsp3) is 0.227. The number of nitrogens with one attached hydrogen (secondary N) is 3. The van der Waals surface area contributed by atoms with Crippen molar-refractivity contribution in [2.45, 2.75) is 18.1 Å². The summed E-state index contributed by atoms with van der Waals surface area (Å²) < 4.78 is 5.36. The SMILES string of the molecule is O=C(NCC(O)C(O)c1c[nH]c(=O)[nH]c1=O)OCC1c2ccccc2-c2ccccc21. The number of aromatic nitrogens is 2. The number of amides is 1. The Balaban J connectivity index is 1.36. The zero-order valence-corrected chi connectivity index (χ0v) is 16.4. The molecule has 1 heterocycles. The van der Waals surface area contributed by atoms with Gasteiger partial charge in [0.1, 0.15) is 18.8 Å². The predicted molar refractivity (Wildman–Crippen MR) is 112 cm³/mol. The van der Waals surface area contributed by atoms with E-state index < -0.39 is 29.6 Å². The van der Waals surface area contributed by atoms with Gasteiger partial charge in [0.05, 0.1) is 5.56 Å². The summed E-state index contributed by atoms with van der Waals surface area (Å²) in [6.07, 6.45) is -2.83. The highest BCUT2D eigenvalue weighted by Gasteiger charge is 2.29. The van der Waals surface area contributed by atoms with Crippen LogP contribution < -0.4 is 16.6 Å². The second kappa shape index (κ2) is 8.58. The summed E-state index contributed by atoms with van der Waals surface area (Å²) in [4.78, 5) is 39.1. The van der Waals surface area contributed by atoms with E-state index in [9.17, 15) is 24.6 Å². The molecule has 2 aromatic carbocycles. The third-order valence-corrected chi connectivity index (χ3v) is 5.33. The van der Waals surface area contributed by atoms with Gasteiger partial charge in [-0.2, -0.15) is 0 Å². The van der Waals surface area contributed by atoms with Crippen LogP contribution >= 0.6 is 0 Å². The molecule has 31 heavy (non-hydrogen) atoms. The molecule has 4 rings (SSSR count). The smallest absolute Gasteiger partial charge is 0.407 e. The number of aromatic amines is 2. The van der Waals surface area contributed by atoms with Gasteiger partial charge < -0.3 is 25.3 Å². The number of carbonyl (C=O) groups excluding carboxylic acids is 1. The van der Waals surface area contributed by atoms with E-state index in [1.54, 1.807) is 0 Å². The van der Waals surface area contributed by atoms with Crippen LogP contribution in [-0.4, -0.2) is 45.5 Å². The maximum Gasteiger partial charge on any atom is 0.407 e. The van der Waals surface area contributed by atoms with Gasteiger partial charge in [-0.3, -0.25) is 9.78 Å². The van der Waals surface area contributed by atoms with Crippen LogP contribution in [0, 0.1) is 0 Å². The van der Waals surface area contributed by atoms with Gasteiger partial charge in [-0.1, -0.05) is 48.5 Å². The third-order valence-electron chi connectivity index (χ3n) is 5.33. The molecule has 160 valence electrons. The third kappa shape index (κ3) is 4.14. The highest BCUT2D eigenvalue weighted by atomic mass is 16.5. The maximum atomic E-state index is 12.2. The number of fused-ring (bicyclic) bond motifs is 3. The van der Waals surface area contributed by atoms with Crippen molar-refractivity contribution in [3.63, 3.8) is 0 Å². The second-order valence-electron chi connectivity index (χ2n) is 7.25. The highest BCUT2D eigenvalue weighted by molar-refractivity contribution is 5.79. The Hall–Kier alpha value is -3.69. The van der Waals surface area contributed by atoms with Crippen molar-refractivity contribution in [1.82, 2.24) is 15.3 Å². The number of aliphatic hydroxyl groups excluding tert-OH is 2. The topological polar surface area (TPSA) is 145 Å². The van der Waals surface area contributed by atoms with Gasteiger partial charge in [0.2, 0.25) is 0 Å². The van der Waals surface area contributed by atoms with E-state index in [1.165, 1.54) is 0 Å². The number of H-pyrrole nitrogens is 2. The quantitative estimate of drug-likeness (QED) is 0.400. The highest BCUT2D eigenvalue weighted by Crippen LogP contribution is 2.44. The van der Waals surface area contributed by atoms with E-state index in [4.69, 9.17) is 4.74 Å². The first-order valence-electron chi connectivity index (χ1n) is 9.72. The molecule has 1 aliphatic rings. The molecule has 0 bridgehead atoms. The lowest BCUT2D eigenvalue weighted by Gasteiger charge is -2.18. The number of aliphatic hydroxyl groups is 2. The van der Waals surface area contributed by atoms with Crippen LogP contribution in [0.15, 0.2) is 64.3 Å². The molecule has 2 unspecified atom stereocenters. The van der Waals surface area contributed by atoms with Crippen molar-refractivity contribution < 1.29 is 19.7 Å². The first kappa shape index (κ1) is 20.6. The summed E-state index contributed by atoms with van der Waals surface area (Å²) in [5, 5.41) is 22.6. The molecule has 0 aliphatic heterocycles. The van der Waals surface area contributed by atoms with Gasteiger partial charge in [-0.05, 0) is 22.3 Å². The van der Waals surface area contributed by atoms with Gasteiger partial charge in [0, 0.05) is 18.7 Å². The van der Waals surface area contributed by atoms with Crippen molar-refractivity contribution in [3.8, 4) is 11.1 Å². The average Bonchev–Trinajstić information content (AvgIpc) is 3.09. The van der Waals surface area contributed by atoms with Gasteiger partial charge in [0.25, 0.3) is 5.56 Å². The molecule has 0 saturated heterocycles. The zero-order chi connectivity index (χ0) is 22.0. The minimum absolute atomic E-state index is 0.103. The first-order chi connectivity index (χ1) is 15.0. The standard InChI is InChI=1S/C22H21N3O6/c26-18(19(27)16-9-23-21(29)25-20(16)28)10-24-22(30)31-11-17-14-7-3-1-5-12(14)13-6-2-4-8-15(13)17/h1-9,17-19,26-27H,10-11H2,(H,24,30)(H2,23,25,28,29). The fourth-order valence-electron chi connectivity index (χ4n) is 3.80. The van der Waals surface area contributed by atoms with Crippen LogP contribution in [0.2, 0.25) is 0 Å². The number of benzene rings is 2. The summed E-state index contributed by atoms with van der Waals surface area (Å²) >= 11 is 0. The minimum Gasteiger partial charge on any atom is -0.449 e. The normalized spacial score (nSPS) is 14.4. The Labute approximate surface area is 176 Å². The van der Waals surface area contributed by atoms with E-state index >= 15 is 0 Å². The number of carbonyl (C=O) groups is 1. The van der Waals surface area contributed by atoms with E-state index in [0.29, 0.717) is 0 Å². The molecular weight excluding hydrogens is 402 g/mol. The van der Waals surface area contributed by atoms with Crippen LogP contribution in [0.3, 0.4) is 0 Å². The molecule has 0 spiro atoms. The van der Waals surface area contributed by atoms with Crippen LogP contribution in [-0.2, 0) is 4.74 Å². The predicted octanol–water partition coefficient (Wildman–Crippen LogP) is 0.996. The fourth-order valence-corrected chi connectivity index (χ4v) is 3.80. The van der Waals surface area contributed by atoms with Crippen LogP contribution in [0.4, 0.5) is 4.79 Å². The lowest BCUT2D eigenvalue weighted by molar-refractivity contribution is 0.0175. The number of rotatable bonds is 6. The van der Waals surface area contributed by atoms with Crippen molar-refractivity contribution in [1.29, 1.82) is 0 Å². The summed E-state index contributed by atoms with van der Waals surface area (Å²) in [6, 6.07) is 15.9. The molecule has 1 amide bonds. The van der Waals surface area contributed by atoms with Gasteiger partial charge >= 0.3 is 11.8 Å². The van der Waals surface area contributed by atoms with E-state index in [2.05, 4.69) is 10.3 Å². The molecule has 9 nitrogen and oxygen atoms in total. The molecule has 2 atom stereocenters. The van der Waals surface area contributed by atoms with Crippen LogP contribution in [0.5, 0.6) is 0 Å². The molecule has 0 saturated carbocycles. The Morgan fingerprint density at radius 2 is 1.65 bits per heavy atom. The molecular formula is C22H21N3O6. The monoisotopic (exact) mass is 423 g/mol. The van der Waals surface area contributed by atoms with Crippen molar-refractivity contribution >= 4 is 6.09 Å². The Bertz CT molecular complexity index is 1170. The van der Waals surface area contributed by atoms with Gasteiger partial charge in [-0.25, -0.2) is 9.59 Å². The van der Waals surface area contributed by atoms with Gasteiger partial charge in [0.15, 0.2) is 0 Å². The van der Waals surface area contributed by atoms with Crippen LogP contribution in [0.25, 0.3) is 11.1 Å². The molecule has 5 N–H and O–H groups in total. The summed E-state index contributed by atoms with van der Waals surface area (Å²) in [5.74, 6) is -0.103. The lowest BCUT2D eigenvalue weighted by Crippen LogP contribution is -2.38. The number of hydrogen-bond donors (Lipinski definition) is 5. The Morgan fingerprint density at radius 3 is 2.26 bits per heavy atom. The molecule has 1 aromatic heterocycles. The van der Waals surface area contributed by atoms with E-state index in [1.807, 2.05) is 53.5 Å². The number of ether oxygens (including phenoxy) is 1. The minimum atomic E-state index is -1.60. The number of alkyl carbamates (subject to hydrolysis) is 1. The summed E-state index contributed by atoms with van der Waals surface area (Å²) in [6.45, 7) is -0.242. The second-order valence-corrected chi connectivity index (χ2v) is 7.25. The summed E-state index contributed by atoms with van der Waals surface area (Å²) in [5.41, 5.74) is 2.59. The summed E-state index contributed by atoms with van der Waals surface area (Å²) in [7, 11) is 0. The molecule has 3 aromatic rings. The molecule has 0 radical (unpaired) electrons. The molecule has 1 aliphatic carbocycles. The van der Waals surface area contributed by atoms with E-state index in [0.717, 1.165) is 28.5 Å². The molecule has 9 heteroatoms. The van der Waals surface area contributed by atoms with Crippen LogP contribution in [0.1, 0.15) is 28.7 Å². The first-order valence-corrected chi connectivity index (χ1v) is 9.72. The van der Waals surface area contributed by atoms with Crippen molar-refractivity contribution in [3.05, 3.63) is 92.3 Å². The van der Waals surface area contributed by atoms with Crippen molar-refractivity contribution in [2.75, 3.05) is 13.2 Å². The lowest BCUT2D eigenvalue weighted by atomic mass is 9.98.